The number of carbonyl (C=O) groups is 1. The fraction of sp³-hybridized carbons (Fsp3) is 0.100. The molecule has 0 radical (unpaired) electrons. The predicted octanol–water partition coefficient (Wildman–Crippen LogP) is 2.49. The van der Waals surface area contributed by atoms with Gasteiger partial charge in [0.15, 0.2) is 12.4 Å². The van der Waals surface area contributed by atoms with Gasteiger partial charge in [0.1, 0.15) is 0 Å². The molecule has 14 heavy (non-hydrogen) atoms. The third kappa shape index (κ3) is 3.00. The minimum Gasteiger partial charge on any atom is -0.421 e. The number of terminal acetylenes is 1. The van der Waals surface area contributed by atoms with Gasteiger partial charge in [-0.25, -0.2) is 4.79 Å². The van der Waals surface area contributed by atoms with Crippen molar-refractivity contribution < 1.29 is 14.3 Å². The van der Waals surface area contributed by atoms with Gasteiger partial charge in [-0.15, -0.1) is 6.42 Å². The smallest absolute Gasteiger partial charge is 0.421 e. The van der Waals surface area contributed by atoms with Gasteiger partial charge in [-0.05, 0) is 12.1 Å². The van der Waals surface area contributed by atoms with E-state index in [0.717, 1.165) is 0 Å². The molecule has 0 heterocycles. The van der Waals surface area contributed by atoms with Crippen molar-refractivity contribution in [2.45, 2.75) is 0 Å². The molecule has 1 aromatic rings. The van der Waals surface area contributed by atoms with Crippen LogP contribution >= 0.6 is 11.6 Å². The van der Waals surface area contributed by atoms with E-state index in [0.29, 0.717) is 5.02 Å². The number of benzene rings is 1. The van der Waals surface area contributed by atoms with Crippen LogP contribution in [-0.4, -0.2) is 12.8 Å². The van der Waals surface area contributed by atoms with Gasteiger partial charge in [0.2, 0.25) is 0 Å². The van der Waals surface area contributed by atoms with Crippen LogP contribution in [0.1, 0.15) is 0 Å². The quantitative estimate of drug-likeness (QED) is 0.427. The minimum absolute atomic E-state index is 0.122. The fourth-order valence-corrected chi connectivity index (χ4v) is 0.922. The van der Waals surface area contributed by atoms with Gasteiger partial charge < -0.3 is 9.47 Å². The Morgan fingerprint density at radius 1 is 1.50 bits per heavy atom. The van der Waals surface area contributed by atoms with Gasteiger partial charge in [-0.1, -0.05) is 29.7 Å². The van der Waals surface area contributed by atoms with E-state index in [9.17, 15) is 4.79 Å². The lowest BCUT2D eigenvalue weighted by molar-refractivity contribution is 0.111. The first-order valence-corrected chi connectivity index (χ1v) is 4.14. The average Bonchev–Trinajstić information content (AvgIpc) is 2.18. The second-order valence-electron chi connectivity index (χ2n) is 2.28. The third-order valence-corrected chi connectivity index (χ3v) is 1.62. The Morgan fingerprint density at radius 2 is 2.21 bits per heavy atom. The van der Waals surface area contributed by atoms with Crippen molar-refractivity contribution in [3.05, 3.63) is 29.3 Å². The molecular formula is C10H7ClO3. The summed E-state index contributed by atoms with van der Waals surface area (Å²) < 4.78 is 9.25. The van der Waals surface area contributed by atoms with Gasteiger partial charge in [0.25, 0.3) is 0 Å². The van der Waals surface area contributed by atoms with E-state index >= 15 is 0 Å². The van der Waals surface area contributed by atoms with E-state index in [2.05, 4.69) is 10.7 Å². The molecule has 1 rings (SSSR count). The summed E-state index contributed by atoms with van der Waals surface area (Å²) in [6.45, 7) is -0.122. The molecule has 0 saturated heterocycles. The molecule has 0 spiro atoms. The average molecular weight is 211 g/mol. The molecular weight excluding hydrogens is 204 g/mol. The molecule has 0 amide bonds. The Morgan fingerprint density at radius 3 is 2.86 bits per heavy atom. The molecule has 0 aliphatic heterocycles. The van der Waals surface area contributed by atoms with E-state index in [1.807, 2.05) is 0 Å². The van der Waals surface area contributed by atoms with Crippen molar-refractivity contribution in [3.8, 4) is 18.1 Å². The standard InChI is InChI=1S/C10H7ClO3/c1-2-7-13-10(12)14-9-6-4-3-5-8(9)11/h1,3-6H,7H2. The van der Waals surface area contributed by atoms with E-state index < -0.39 is 6.16 Å². The predicted molar refractivity (Wildman–Crippen MR) is 52.3 cm³/mol. The molecule has 0 unspecified atom stereocenters. The monoisotopic (exact) mass is 210 g/mol. The summed E-state index contributed by atoms with van der Waals surface area (Å²) in [6, 6.07) is 6.57. The molecule has 1 aromatic carbocycles. The first-order chi connectivity index (χ1) is 6.74. The second kappa shape index (κ2) is 5.15. The molecule has 0 aliphatic rings. The number of ether oxygens (including phenoxy) is 2. The van der Waals surface area contributed by atoms with E-state index in [1.54, 1.807) is 24.3 Å². The van der Waals surface area contributed by atoms with E-state index in [-0.39, 0.29) is 12.4 Å². The van der Waals surface area contributed by atoms with Gasteiger partial charge in [0, 0.05) is 0 Å². The first kappa shape index (κ1) is 10.4. The Hall–Kier alpha value is -1.66. The zero-order chi connectivity index (χ0) is 10.4. The summed E-state index contributed by atoms with van der Waals surface area (Å²) in [4.78, 5) is 10.9. The molecule has 0 fully saturated rings. The zero-order valence-electron chi connectivity index (χ0n) is 7.20. The van der Waals surface area contributed by atoms with Crippen LogP contribution < -0.4 is 4.74 Å². The van der Waals surface area contributed by atoms with Crippen molar-refractivity contribution in [2.75, 3.05) is 6.61 Å². The molecule has 72 valence electrons. The highest BCUT2D eigenvalue weighted by atomic mass is 35.5. The van der Waals surface area contributed by atoms with Crippen LogP contribution in [0.15, 0.2) is 24.3 Å². The largest absolute Gasteiger partial charge is 0.514 e. The van der Waals surface area contributed by atoms with Crippen LogP contribution in [0.4, 0.5) is 4.79 Å². The van der Waals surface area contributed by atoms with Crippen molar-refractivity contribution in [3.63, 3.8) is 0 Å². The lowest BCUT2D eigenvalue weighted by Crippen LogP contribution is -2.10. The van der Waals surface area contributed by atoms with Crippen LogP contribution in [0.2, 0.25) is 5.02 Å². The van der Waals surface area contributed by atoms with Crippen LogP contribution in [0, 0.1) is 12.3 Å². The van der Waals surface area contributed by atoms with Gasteiger partial charge in [0.05, 0.1) is 5.02 Å². The number of hydrogen-bond acceptors (Lipinski definition) is 3. The van der Waals surface area contributed by atoms with Crippen molar-refractivity contribution >= 4 is 17.8 Å². The van der Waals surface area contributed by atoms with Crippen molar-refractivity contribution in [1.82, 2.24) is 0 Å². The third-order valence-electron chi connectivity index (χ3n) is 1.30. The molecule has 0 N–H and O–H groups in total. The van der Waals surface area contributed by atoms with Gasteiger partial charge in [-0.3, -0.25) is 0 Å². The highest BCUT2D eigenvalue weighted by Crippen LogP contribution is 2.23. The molecule has 0 atom stereocenters. The van der Waals surface area contributed by atoms with Gasteiger partial charge in [-0.2, -0.15) is 0 Å². The summed E-state index contributed by atoms with van der Waals surface area (Å²) in [5.74, 6) is 2.39. The maximum absolute atomic E-state index is 10.9. The topological polar surface area (TPSA) is 35.5 Å². The van der Waals surface area contributed by atoms with E-state index in [4.69, 9.17) is 22.8 Å². The summed E-state index contributed by atoms with van der Waals surface area (Å²) >= 11 is 5.73. The number of halogens is 1. The zero-order valence-corrected chi connectivity index (χ0v) is 7.95. The summed E-state index contributed by atoms with van der Waals surface area (Å²) in [6.07, 6.45) is 4.03. The molecule has 0 bridgehead atoms. The van der Waals surface area contributed by atoms with Gasteiger partial charge >= 0.3 is 6.16 Å². The Balaban J connectivity index is 2.57. The van der Waals surface area contributed by atoms with Crippen LogP contribution in [-0.2, 0) is 4.74 Å². The lowest BCUT2D eigenvalue weighted by Gasteiger charge is -2.04. The molecule has 4 heteroatoms. The number of rotatable bonds is 2. The Kier molecular flexibility index (Phi) is 3.84. The SMILES string of the molecule is C#CCOC(=O)Oc1ccccc1Cl. The Bertz CT molecular complexity index is 368. The number of para-hydroxylation sites is 1. The van der Waals surface area contributed by atoms with Crippen molar-refractivity contribution in [1.29, 1.82) is 0 Å². The summed E-state index contributed by atoms with van der Waals surface area (Å²) in [5.41, 5.74) is 0. The van der Waals surface area contributed by atoms with E-state index in [1.165, 1.54) is 0 Å². The van der Waals surface area contributed by atoms with Crippen molar-refractivity contribution in [2.24, 2.45) is 0 Å². The summed E-state index contributed by atoms with van der Waals surface area (Å²) in [7, 11) is 0. The second-order valence-corrected chi connectivity index (χ2v) is 2.68. The highest BCUT2D eigenvalue weighted by molar-refractivity contribution is 6.32. The van der Waals surface area contributed by atoms with Crippen LogP contribution in [0.25, 0.3) is 0 Å². The van der Waals surface area contributed by atoms with Crippen LogP contribution in [0.5, 0.6) is 5.75 Å². The lowest BCUT2D eigenvalue weighted by atomic mass is 10.3. The Labute approximate surface area is 86.6 Å². The maximum atomic E-state index is 10.9. The molecule has 0 aromatic heterocycles. The normalized spacial score (nSPS) is 8.86. The molecule has 0 saturated carbocycles. The van der Waals surface area contributed by atoms with Crippen LogP contribution in [0.3, 0.4) is 0 Å². The fourth-order valence-electron chi connectivity index (χ4n) is 0.747. The minimum atomic E-state index is -0.865. The first-order valence-electron chi connectivity index (χ1n) is 3.76. The highest BCUT2D eigenvalue weighted by Gasteiger charge is 2.07. The summed E-state index contributed by atoms with van der Waals surface area (Å²) in [5, 5.41) is 0.338. The maximum Gasteiger partial charge on any atom is 0.514 e. The molecule has 3 nitrogen and oxygen atoms in total. The number of hydrogen-bond donors (Lipinski definition) is 0. The molecule has 0 aliphatic carbocycles. The number of carbonyl (C=O) groups excluding carboxylic acids is 1.